The molecule has 0 aromatic heterocycles. The monoisotopic (exact) mass is 283 g/mol. The van der Waals surface area contributed by atoms with Crippen molar-refractivity contribution in [3.63, 3.8) is 0 Å². The van der Waals surface area contributed by atoms with Crippen LogP contribution in [-0.2, 0) is 0 Å². The Hall–Kier alpha value is -1.13. The van der Waals surface area contributed by atoms with E-state index in [-0.39, 0.29) is 12.4 Å². The summed E-state index contributed by atoms with van der Waals surface area (Å²) in [4.78, 5) is 0. The molecule has 3 nitrogen and oxygen atoms in total. The minimum absolute atomic E-state index is 0.0929. The van der Waals surface area contributed by atoms with E-state index in [1.54, 1.807) is 18.2 Å². The zero-order valence-electron chi connectivity index (χ0n) is 12.4. The molecule has 0 saturated heterocycles. The number of aliphatic hydroxyl groups excluding tert-OH is 1. The lowest BCUT2D eigenvalue weighted by Crippen LogP contribution is -2.36. The third kappa shape index (κ3) is 6.87. The highest BCUT2D eigenvalue weighted by Crippen LogP contribution is 2.15. The molecule has 0 amide bonds. The van der Waals surface area contributed by atoms with E-state index in [1.165, 1.54) is 25.3 Å². The number of aliphatic hydroxyl groups is 1. The highest BCUT2D eigenvalue weighted by Gasteiger charge is 2.09. The average molecular weight is 283 g/mol. The smallest absolute Gasteiger partial charge is 0.165 e. The van der Waals surface area contributed by atoms with Crippen LogP contribution in [0.3, 0.4) is 0 Å². The summed E-state index contributed by atoms with van der Waals surface area (Å²) in [5, 5.41) is 13.1. The molecule has 2 atom stereocenters. The predicted molar refractivity (Wildman–Crippen MR) is 79.5 cm³/mol. The van der Waals surface area contributed by atoms with Gasteiger partial charge in [0.05, 0.1) is 0 Å². The van der Waals surface area contributed by atoms with Gasteiger partial charge in [0.15, 0.2) is 11.6 Å². The minimum Gasteiger partial charge on any atom is -0.488 e. The van der Waals surface area contributed by atoms with Crippen LogP contribution in [0, 0.1) is 5.82 Å². The summed E-state index contributed by atoms with van der Waals surface area (Å²) in [5.74, 6) is -0.219. The van der Waals surface area contributed by atoms with Gasteiger partial charge >= 0.3 is 0 Å². The first-order valence-corrected chi connectivity index (χ1v) is 7.42. The third-order valence-electron chi connectivity index (χ3n) is 3.21. The largest absolute Gasteiger partial charge is 0.488 e. The van der Waals surface area contributed by atoms with Crippen LogP contribution in [0.1, 0.15) is 39.5 Å². The molecule has 0 radical (unpaired) electrons. The number of para-hydroxylation sites is 1. The second kappa shape index (κ2) is 9.72. The van der Waals surface area contributed by atoms with Crippen molar-refractivity contribution in [2.45, 2.75) is 51.7 Å². The van der Waals surface area contributed by atoms with Gasteiger partial charge in [0, 0.05) is 12.6 Å². The van der Waals surface area contributed by atoms with Gasteiger partial charge in [-0.2, -0.15) is 0 Å². The molecule has 2 unspecified atom stereocenters. The van der Waals surface area contributed by atoms with Crippen molar-refractivity contribution in [3.05, 3.63) is 30.1 Å². The van der Waals surface area contributed by atoms with Crippen LogP contribution in [0.2, 0.25) is 0 Å². The van der Waals surface area contributed by atoms with E-state index in [1.807, 2.05) is 0 Å². The quantitative estimate of drug-likeness (QED) is 0.648. The van der Waals surface area contributed by atoms with Gasteiger partial charge in [0.2, 0.25) is 0 Å². The highest BCUT2D eigenvalue weighted by molar-refractivity contribution is 5.23. The van der Waals surface area contributed by atoms with E-state index in [4.69, 9.17) is 4.74 Å². The average Bonchev–Trinajstić information content (AvgIpc) is 2.44. The molecule has 0 heterocycles. The number of rotatable bonds is 10. The lowest BCUT2D eigenvalue weighted by atomic mass is 10.1. The molecule has 20 heavy (non-hydrogen) atoms. The normalized spacial score (nSPS) is 14.0. The second-order valence-corrected chi connectivity index (χ2v) is 5.20. The summed E-state index contributed by atoms with van der Waals surface area (Å²) in [6.45, 7) is 4.85. The summed E-state index contributed by atoms with van der Waals surface area (Å²) < 4.78 is 18.6. The number of ether oxygens (including phenoxy) is 1. The Morgan fingerprint density at radius 1 is 1.30 bits per heavy atom. The van der Waals surface area contributed by atoms with E-state index in [2.05, 4.69) is 19.2 Å². The Morgan fingerprint density at radius 3 is 2.75 bits per heavy atom. The number of unbranched alkanes of at least 4 members (excludes halogenated alkanes) is 2. The molecule has 0 aliphatic rings. The number of hydrogen-bond donors (Lipinski definition) is 2. The Labute approximate surface area is 121 Å². The first kappa shape index (κ1) is 16.9. The lowest BCUT2D eigenvalue weighted by Gasteiger charge is -2.17. The Bertz CT molecular complexity index is 373. The summed E-state index contributed by atoms with van der Waals surface area (Å²) in [6.07, 6.45) is 4.13. The minimum atomic E-state index is -0.636. The molecular weight excluding hydrogens is 257 g/mol. The van der Waals surface area contributed by atoms with Gasteiger partial charge in [0.25, 0.3) is 0 Å². The maximum Gasteiger partial charge on any atom is 0.165 e. The lowest BCUT2D eigenvalue weighted by molar-refractivity contribution is 0.101. The summed E-state index contributed by atoms with van der Waals surface area (Å²) in [6, 6.07) is 6.60. The van der Waals surface area contributed by atoms with Crippen molar-refractivity contribution in [2.24, 2.45) is 0 Å². The van der Waals surface area contributed by atoms with E-state index in [0.29, 0.717) is 12.6 Å². The fourth-order valence-corrected chi connectivity index (χ4v) is 1.95. The van der Waals surface area contributed by atoms with E-state index >= 15 is 0 Å². The molecule has 114 valence electrons. The van der Waals surface area contributed by atoms with Crippen molar-refractivity contribution in [1.82, 2.24) is 5.32 Å². The second-order valence-electron chi connectivity index (χ2n) is 5.20. The Kier molecular flexibility index (Phi) is 8.23. The maximum absolute atomic E-state index is 13.3. The first-order valence-electron chi connectivity index (χ1n) is 7.42. The maximum atomic E-state index is 13.3. The number of nitrogens with one attached hydrogen (secondary N) is 1. The predicted octanol–water partition coefficient (Wildman–Crippen LogP) is 3.12. The molecule has 1 rings (SSSR count). The topological polar surface area (TPSA) is 41.5 Å². The van der Waals surface area contributed by atoms with E-state index in [9.17, 15) is 9.50 Å². The van der Waals surface area contributed by atoms with Crippen molar-refractivity contribution >= 4 is 0 Å². The first-order chi connectivity index (χ1) is 9.63. The zero-order chi connectivity index (χ0) is 14.8. The van der Waals surface area contributed by atoms with E-state index < -0.39 is 11.9 Å². The van der Waals surface area contributed by atoms with Crippen LogP contribution in [0.4, 0.5) is 4.39 Å². The molecule has 1 aromatic rings. The van der Waals surface area contributed by atoms with Gasteiger partial charge in [-0.3, -0.25) is 0 Å². The van der Waals surface area contributed by atoms with Gasteiger partial charge in [-0.05, 0) is 25.5 Å². The van der Waals surface area contributed by atoms with E-state index in [0.717, 1.165) is 6.42 Å². The molecule has 0 bridgehead atoms. The van der Waals surface area contributed by atoms with Crippen molar-refractivity contribution in [2.75, 3.05) is 13.2 Å². The third-order valence-corrected chi connectivity index (χ3v) is 3.21. The number of halogens is 1. The molecule has 0 saturated carbocycles. The number of benzene rings is 1. The van der Waals surface area contributed by atoms with Crippen LogP contribution in [0.25, 0.3) is 0 Å². The molecular formula is C16H26FNO2. The van der Waals surface area contributed by atoms with Gasteiger partial charge in [0.1, 0.15) is 12.7 Å². The molecule has 0 aliphatic carbocycles. The Morgan fingerprint density at radius 2 is 2.05 bits per heavy atom. The van der Waals surface area contributed by atoms with Crippen LogP contribution in [0.5, 0.6) is 5.75 Å². The standard InChI is InChI=1S/C16H26FNO2/c1-3-4-5-8-13(2)18-11-14(19)12-20-16-10-7-6-9-15(16)17/h6-7,9-10,13-14,18-19H,3-5,8,11-12H2,1-2H3. The summed E-state index contributed by atoms with van der Waals surface area (Å²) in [5.41, 5.74) is 0. The fraction of sp³-hybridized carbons (Fsp3) is 0.625. The molecule has 4 heteroatoms. The van der Waals surface area contributed by atoms with Crippen molar-refractivity contribution < 1.29 is 14.2 Å². The van der Waals surface area contributed by atoms with Gasteiger partial charge in [-0.1, -0.05) is 38.3 Å². The zero-order valence-corrected chi connectivity index (χ0v) is 12.4. The van der Waals surface area contributed by atoms with Gasteiger partial charge in [-0.15, -0.1) is 0 Å². The van der Waals surface area contributed by atoms with Crippen LogP contribution in [-0.4, -0.2) is 30.4 Å². The van der Waals surface area contributed by atoms with Crippen LogP contribution >= 0.6 is 0 Å². The fourth-order valence-electron chi connectivity index (χ4n) is 1.95. The van der Waals surface area contributed by atoms with Gasteiger partial charge in [-0.25, -0.2) is 4.39 Å². The van der Waals surface area contributed by atoms with Crippen LogP contribution < -0.4 is 10.1 Å². The van der Waals surface area contributed by atoms with Crippen molar-refractivity contribution in [3.8, 4) is 5.75 Å². The summed E-state index contributed by atoms with van der Waals surface area (Å²) in [7, 11) is 0. The highest BCUT2D eigenvalue weighted by atomic mass is 19.1. The number of hydrogen-bond acceptors (Lipinski definition) is 3. The van der Waals surface area contributed by atoms with Gasteiger partial charge < -0.3 is 15.2 Å². The molecule has 1 aromatic carbocycles. The summed E-state index contributed by atoms with van der Waals surface area (Å²) >= 11 is 0. The molecule has 0 aliphatic heterocycles. The SMILES string of the molecule is CCCCCC(C)NCC(O)COc1ccccc1F. The molecule has 2 N–H and O–H groups in total. The molecule has 0 spiro atoms. The molecule has 0 fully saturated rings. The van der Waals surface area contributed by atoms with Crippen molar-refractivity contribution in [1.29, 1.82) is 0 Å². The van der Waals surface area contributed by atoms with Crippen LogP contribution in [0.15, 0.2) is 24.3 Å². The Balaban J connectivity index is 2.17.